The van der Waals surface area contributed by atoms with E-state index in [-0.39, 0.29) is 23.5 Å². The average molecular weight is 267 g/mol. The Morgan fingerprint density at radius 2 is 1.50 bits per heavy atom. The summed E-state index contributed by atoms with van der Waals surface area (Å²) >= 11 is 0. The Kier molecular flexibility index (Phi) is 3.83. The topological polar surface area (TPSA) is 8.81 Å². The van der Waals surface area contributed by atoms with E-state index in [1.165, 1.54) is 11.0 Å². The van der Waals surface area contributed by atoms with Gasteiger partial charge in [0.2, 0.25) is 6.33 Å². The van der Waals surface area contributed by atoms with Gasteiger partial charge in [0.15, 0.2) is 11.0 Å². The zero-order valence-electron chi connectivity index (χ0n) is 12.2. The minimum Gasteiger partial charge on any atom is -1.00 e. The zero-order valence-corrected chi connectivity index (χ0v) is 12.9. The van der Waals surface area contributed by atoms with Crippen LogP contribution in [-0.2, 0) is 11.1 Å². The summed E-state index contributed by atoms with van der Waals surface area (Å²) in [5.74, 6) is 0. The number of imidazole rings is 1. The Balaban J connectivity index is 0.00000162. The summed E-state index contributed by atoms with van der Waals surface area (Å²) in [7, 11) is 0. The molecule has 0 N–H and O–H groups in total. The van der Waals surface area contributed by atoms with Crippen LogP contribution in [-0.4, -0.2) is 4.57 Å². The summed E-state index contributed by atoms with van der Waals surface area (Å²) in [6.45, 7) is 13.5. The van der Waals surface area contributed by atoms with E-state index < -0.39 is 0 Å². The molecule has 100 valence electrons. The van der Waals surface area contributed by atoms with Gasteiger partial charge >= 0.3 is 0 Å². The van der Waals surface area contributed by atoms with Gasteiger partial charge in [-0.05, 0) is 53.7 Å². The van der Waals surface area contributed by atoms with Gasteiger partial charge in [-0.2, -0.15) is 0 Å². The molecule has 1 aromatic carbocycles. The van der Waals surface area contributed by atoms with Crippen LogP contribution in [0, 0.1) is 0 Å². The largest absolute Gasteiger partial charge is 1.00 e. The highest BCUT2D eigenvalue weighted by molar-refractivity contribution is 5.72. The summed E-state index contributed by atoms with van der Waals surface area (Å²) < 4.78 is 4.71. The molecule has 0 amide bonds. The molecule has 3 heteroatoms. The van der Waals surface area contributed by atoms with E-state index in [9.17, 15) is 0 Å². The van der Waals surface area contributed by atoms with Gasteiger partial charge in [0.1, 0.15) is 11.1 Å². The standard InChI is InChI=1S/C15H23N2.ClH/c1-14(2,3)16-11-17(15(4,5)6)13-10-8-7-9-12(13)16;/h7-11H,1-6H3;1H/q+1;/p-1. The molecule has 0 radical (unpaired) electrons. The van der Waals surface area contributed by atoms with Gasteiger partial charge in [-0.3, -0.25) is 0 Å². The van der Waals surface area contributed by atoms with Crippen molar-refractivity contribution in [2.24, 2.45) is 0 Å². The van der Waals surface area contributed by atoms with Gasteiger partial charge in [0.05, 0.1) is 0 Å². The van der Waals surface area contributed by atoms with Gasteiger partial charge < -0.3 is 12.4 Å². The maximum absolute atomic E-state index is 2.35. The molecule has 0 saturated carbocycles. The lowest BCUT2D eigenvalue weighted by Gasteiger charge is -2.16. The second kappa shape index (κ2) is 4.58. The number of halogens is 1. The van der Waals surface area contributed by atoms with E-state index in [0.717, 1.165) is 0 Å². The normalized spacial score (nSPS) is 12.6. The third-order valence-corrected chi connectivity index (χ3v) is 3.08. The third-order valence-electron chi connectivity index (χ3n) is 3.08. The quantitative estimate of drug-likeness (QED) is 0.612. The fourth-order valence-electron chi connectivity index (χ4n) is 2.18. The first-order chi connectivity index (χ1) is 7.71. The van der Waals surface area contributed by atoms with Gasteiger partial charge in [0.25, 0.3) is 0 Å². The van der Waals surface area contributed by atoms with E-state index in [1.54, 1.807) is 0 Å². The molecule has 0 saturated heterocycles. The highest BCUT2D eigenvalue weighted by Gasteiger charge is 2.29. The van der Waals surface area contributed by atoms with Gasteiger partial charge in [-0.15, -0.1) is 0 Å². The number of rotatable bonds is 0. The van der Waals surface area contributed by atoms with Crippen LogP contribution in [0.4, 0.5) is 0 Å². The molecule has 1 aromatic heterocycles. The van der Waals surface area contributed by atoms with E-state index in [1.807, 2.05) is 0 Å². The van der Waals surface area contributed by atoms with Crippen LogP contribution in [0.5, 0.6) is 0 Å². The van der Waals surface area contributed by atoms with Gasteiger partial charge in [-0.1, -0.05) is 12.1 Å². The maximum Gasteiger partial charge on any atom is 0.245 e. The Labute approximate surface area is 116 Å². The molecule has 2 aromatic rings. The number of hydrogen-bond donors (Lipinski definition) is 0. The molecule has 0 aliphatic carbocycles. The van der Waals surface area contributed by atoms with Crippen LogP contribution in [0.3, 0.4) is 0 Å². The molecule has 0 atom stereocenters. The Morgan fingerprint density at radius 3 is 2.00 bits per heavy atom. The SMILES string of the molecule is CC(C)(C)n1c[n+](C(C)(C)C)c2ccccc21.[Cl-]. The molecule has 2 rings (SSSR count). The van der Waals surface area contributed by atoms with Crippen LogP contribution in [0.15, 0.2) is 30.6 Å². The number of benzene rings is 1. The van der Waals surface area contributed by atoms with Crippen molar-refractivity contribution in [2.45, 2.75) is 52.6 Å². The molecule has 0 spiro atoms. The van der Waals surface area contributed by atoms with Crippen LogP contribution in [0.1, 0.15) is 41.5 Å². The van der Waals surface area contributed by atoms with Crippen molar-refractivity contribution in [1.29, 1.82) is 0 Å². The first-order valence-electron chi connectivity index (χ1n) is 6.24. The van der Waals surface area contributed by atoms with Crippen molar-refractivity contribution in [2.75, 3.05) is 0 Å². The van der Waals surface area contributed by atoms with Crippen LogP contribution in [0.2, 0.25) is 0 Å². The first kappa shape index (κ1) is 15.0. The number of hydrogen-bond acceptors (Lipinski definition) is 0. The maximum atomic E-state index is 2.35. The summed E-state index contributed by atoms with van der Waals surface area (Å²) in [6, 6.07) is 8.61. The van der Waals surface area contributed by atoms with Crippen LogP contribution in [0.25, 0.3) is 11.0 Å². The van der Waals surface area contributed by atoms with Gasteiger partial charge in [-0.25, -0.2) is 9.13 Å². The van der Waals surface area contributed by atoms with E-state index >= 15 is 0 Å². The Morgan fingerprint density at radius 1 is 0.944 bits per heavy atom. The van der Waals surface area contributed by atoms with Crippen LogP contribution >= 0.6 is 0 Å². The van der Waals surface area contributed by atoms with E-state index in [0.29, 0.717) is 0 Å². The molecular formula is C15H23ClN2. The molecule has 18 heavy (non-hydrogen) atoms. The second-order valence-corrected chi connectivity index (χ2v) is 6.69. The summed E-state index contributed by atoms with van der Waals surface area (Å²) in [5, 5.41) is 0. The molecule has 2 nitrogen and oxygen atoms in total. The lowest BCUT2D eigenvalue weighted by atomic mass is 10.1. The fraction of sp³-hybridized carbons (Fsp3) is 0.533. The minimum absolute atomic E-state index is 0. The number of aromatic nitrogens is 2. The van der Waals surface area contributed by atoms with E-state index in [4.69, 9.17) is 0 Å². The average Bonchev–Trinajstić information content (AvgIpc) is 2.55. The number of fused-ring (bicyclic) bond motifs is 1. The Hall–Kier alpha value is -1.02. The summed E-state index contributed by atoms with van der Waals surface area (Å²) in [6.07, 6.45) is 2.24. The predicted octanol–water partition coefficient (Wildman–Crippen LogP) is 0.443. The zero-order chi connectivity index (χ0) is 12.8. The fourth-order valence-corrected chi connectivity index (χ4v) is 2.18. The summed E-state index contributed by atoms with van der Waals surface area (Å²) in [4.78, 5) is 0. The smallest absolute Gasteiger partial charge is 0.245 e. The lowest BCUT2D eigenvalue weighted by molar-refractivity contribution is -0.731. The van der Waals surface area contributed by atoms with Crippen molar-refractivity contribution < 1.29 is 17.0 Å². The molecule has 1 heterocycles. The second-order valence-electron chi connectivity index (χ2n) is 6.69. The highest BCUT2D eigenvalue weighted by Crippen LogP contribution is 2.22. The molecule has 0 aliphatic rings. The molecule has 0 fully saturated rings. The van der Waals surface area contributed by atoms with Crippen molar-refractivity contribution in [3.63, 3.8) is 0 Å². The Bertz CT molecular complexity index is 494. The lowest BCUT2D eigenvalue weighted by Crippen LogP contribution is -3.00. The van der Waals surface area contributed by atoms with Crippen molar-refractivity contribution in [3.8, 4) is 0 Å². The van der Waals surface area contributed by atoms with Gasteiger partial charge in [0, 0.05) is 0 Å². The first-order valence-corrected chi connectivity index (χ1v) is 6.24. The third kappa shape index (κ3) is 2.54. The predicted molar refractivity (Wildman–Crippen MR) is 72.1 cm³/mol. The molecule has 0 aliphatic heterocycles. The molecule has 0 unspecified atom stereocenters. The molecular weight excluding hydrogens is 244 g/mol. The monoisotopic (exact) mass is 266 g/mol. The number of para-hydroxylation sites is 2. The highest BCUT2D eigenvalue weighted by atomic mass is 35.5. The molecule has 0 bridgehead atoms. The van der Waals surface area contributed by atoms with Crippen molar-refractivity contribution in [1.82, 2.24) is 4.57 Å². The number of nitrogens with zero attached hydrogens (tertiary/aromatic N) is 2. The minimum atomic E-state index is 0. The van der Waals surface area contributed by atoms with Crippen molar-refractivity contribution in [3.05, 3.63) is 30.6 Å². The van der Waals surface area contributed by atoms with E-state index in [2.05, 4.69) is 81.3 Å². The summed E-state index contributed by atoms with van der Waals surface area (Å²) in [5.41, 5.74) is 2.82. The van der Waals surface area contributed by atoms with Crippen molar-refractivity contribution >= 4 is 11.0 Å². The van der Waals surface area contributed by atoms with Crippen LogP contribution < -0.4 is 17.0 Å².